The SMILES string of the molecule is OCC[C@@H]1CN(C/C=C/c2ccco2)CCN1Cc1cccs1. The van der Waals surface area contributed by atoms with Crippen molar-refractivity contribution in [1.29, 1.82) is 0 Å². The molecule has 0 radical (unpaired) electrons. The molecule has 1 atom stereocenters. The Morgan fingerprint density at radius 2 is 2.26 bits per heavy atom. The molecular formula is C18H24N2O2S. The van der Waals surface area contributed by atoms with Crippen molar-refractivity contribution in [2.75, 3.05) is 32.8 Å². The van der Waals surface area contributed by atoms with Crippen LogP contribution in [0.15, 0.2) is 46.4 Å². The first kappa shape index (κ1) is 16.5. The summed E-state index contributed by atoms with van der Waals surface area (Å²) in [6, 6.07) is 8.59. The quantitative estimate of drug-likeness (QED) is 0.846. The van der Waals surface area contributed by atoms with Crippen molar-refractivity contribution in [3.05, 3.63) is 52.6 Å². The van der Waals surface area contributed by atoms with E-state index in [0.717, 1.165) is 44.9 Å². The largest absolute Gasteiger partial charge is 0.465 e. The van der Waals surface area contributed by atoms with Gasteiger partial charge < -0.3 is 9.52 Å². The second kappa shape index (κ2) is 8.45. The van der Waals surface area contributed by atoms with Crippen LogP contribution in [-0.2, 0) is 6.54 Å². The predicted molar refractivity (Wildman–Crippen MR) is 94.4 cm³/mol. The van der Waals surface area contributed by atoms with Gasteiger partial charge in [-0.25, -0.2) is 0 Å². The van der Waals surface area contributed by atoms with Gasteiger partial charge in [-0.1, -0.05) is 12.1 Å². The third-order valence-electron chi connectivity index (χ3n) is 4.28. The van der Waals surface area contributed by atoms with E-state index in [1.54, 1.807) is 6.26 Å². The van der Waals surface area contributed by atoms with Gasteiger partial charge in [-0.2, -0.15) is 0 Å². The molecule has 2 aromatic heterocycles. The summed E-state index contributed by atoms with van der Waals surface area (Å²) in [5, 5.41) is 11.5. The number of aliphatic hydroxyl groups excluding tert-OH is 1. The summed E-state index contributed by atoms with van der Waals surface area (Å²) in [7, 11) is 0. The van der Waals surface area contributed by atoms with E-state index in [9.17, 15) is 5.11 Å². The lowest BCUT2D eigenvalue weighted by Crippen LogP contribution is -2.52. The fraction of sp³-hybridized carbons (Fsp3) is 0.444. The third kappa shape index (κ3) is 4.78. The molecule has 0 saturated carbocycles. The molecule has 0 amide bonds. The number of thiophene rings is 1. The highest BCUT2D eigenvalue weighted by atomic mass is 32.1. The fourth-order valence-corrected chi connectivity index (χ4v) is 3.79. The van der Waals surface area contributed by atoms with Gasteiger partial charge in [0.05, 0.1) is 6.26 Å². The number of aliphatic hydroxyl groups is 1. The Hall–Kier alpha value is -1.40. The van der Waals surface area contributed by atoms with Crippen molar-refractivity contribution < 1.29 is 9.52 Å². The van der Waals surface area contributed by atoms with E-state index in [1.807, 2.05) is 29.5 Å². The molecule has 1 saturated heterocycles. The van der Waals surface area contributed by atoms with Crippen LogP contribution >= 0.6 is 11.3 Å². The lowest BCUT2D eigenvalue weighted by atomic mass is 10.1. The Balaban J connectivity index is 1.53. The summed E-state index contributed by atoms with van der Waals surface area (Å²) in [6.07, 6.45) is 6.72. The zero-order valence-corrected chi connectivity index (χ0v) is 14.1. The molecule has 0 bridgehead atoms. The van der Waals surface area contributed by atoms with E-state index in [0.29, 0.717) is 6.04 Å². The minimum absolute atomic E-state index is 0.252. The summed E-state index contributed by atoms with van der Waals surface area (Å²) < 4.78 is 5.31. The highest BCUT2D eigenvalue weighted by molar-refractivity contribution is 7.09. The van der Waals surface area contributed by atoms with E-state index in [-0.39, 0.29) is 6.61 Å². The second-order valence-electron chi connectivity index (χ2n) is 5.89. The van der Waals surface area contributed by atoms with Crippen LogP contribution in [0.5, 0.6) is 0 Å². The zero-order valence-electron chi connectivity index (χ0n) is 13.3. The van der Waals surface area contributed by atoms with E-state index in [1.165, 1.54) is 4.88 Å². The van der Waals surface area contributed by atoms with Gasteiger partial charge >= 0.3 is 0 Å². The van der Waals surface area contributed by atoms with Gasteiger partial charge in [0.25, 0.3) is 0 Å². The van der Waals surface area contributed by atoms with Crippen LogP contribution in [0.3, 0.4) is 0 Å². The molecule has 0 aromatic carbocycles. The molecule has 1 N–H and O–H groups in total. The van der Waals surface area contributed by atoms with Gasteiger partial charge in [-0.3, -0.25) is 9.80 Å². The van der Waals surface area contributed by atoms with Gasteiger partial charge in [0.15, 0.2) is 0 Å². The summed E-state index contributed by atoms with van der Waals surface area (Å²) in [5.41, 5.74) is 0. The lowest BCUT2D eigenvalue weighted by molar-refractivity contribution is 0.0604. The van der Waals surface area contributed by atoms with Gasteiger partial charge in [0, 0.05) is 50.2 Å². The Labute approximate surface area is 141 Å². The number of furan rings is 1. The Kier molecular flexibility index (Phi) is 6.05. The smallest absolute Gasteiger partial charge is 0.126 e. The van der Waals surface area contributed by atoms with Crippen molar-refractivity contribution in [3.63, 3.8) is 0 Å². The normalized spacial score (nSPS) is 20.5. The molecule has 23 heavy (non-hydrogen) atoms. The van der Waals surface area contributed by atoms with E-state index >= 15 is 0 Å². The van der Waals surface area contributed by atoms with Gasteiger partial charge in [-0.05, 0) is 36.1 Å². The minimum Gasteiger partial charge on any atom is -0.465 e. The monoisotopic (exact) mass is 332 g/mol. The van der Waals surface area contributed by atoms with Gasteiger partial charge in [-0.15, -0.1) is 11.3 Å². The van der Waals surface area contributed by atoms with Crippen LogP contribution in [0.4, 0.5) is 0 Å². The van der Waals surface area contributed by atoms with Crippen molar-refractivity contribution >= 4 is 17.4 Å². The van der Waals surface area contributed by atoms with Gasteiger partial charge in [0.1, 0.15) is 5.76 Å². The van der Waals surface area contributed by atoms with E-state index in [2.05, 4.69) is 33.4 Å². The van der Waals surface area contributed by atoms with Crippen molar-refractivity contribution in [3.8, 4) is 0 Å². The topological polar surface area (TPSA) is 39.9 Å². The average molecular weight is 332 g/mol. The first-order chi connectivity index (χ1) is 11.3. The first-order valence-electron chi connectivity index (χ1n) is 8.15. The summed E-state index contributed by atoms with van der Waals surface area (Å²) in [6.45, 7) is 5.30. The molecular weight excluding hydrogens is 308 g/mol. The molecule has 124 valence electrons. The van der Waals surface area contributed by atoms with Crippen LogP contribution in [0, 0.1) is 0 Å². The first-order valence-corrected chi connectivity index (χ1v) is 9.03. The lowest BCUT2D eigenvalue weighted by Gasteiger charge is -2.41. The number of piperazine rings is 1. The molecule has 4 nitrogen and oxygen atoms in total. The van der Waals surface area contributed by atoms with Crippen molar-refractivity contribution in [2.24, 2.45) is 0 Å². The Morgan fingerprint density at radius 3 is 3.00 bits per heavy atom. The summed E-state index contributed by atoms with van der Waals surface area (Å²) >= 11 is 1.81. The fourth-order valence-electron chi connectivity index (χ4n) is 3.06. The number of hydrogen-bond donors (Lipinski definition) is 1. The maximum atomic E-state index is 9.38. The molecule has 3 rings (SSSR count). The Morgan fingerprint density at radius 1 is 1.30 bits per heavy atom. The molecule has 1 aliphatic heterocycles. The summed E-state index contributed by atoms with van der Waals surface area (Å²) in [5.74, 6) is 0.897. The highest BCUT2D eigenvalue weighted by Crippen LogP contribution is 2.19. The van der Waals surface area contributed by atoms with E-state index in [4.69, 9.17) is 4.42 Å². The standard InChI is InChI=1S/C18H24N2O2S/c21-11-7-16-14-19(8-1-4-17-5-2-12-22-17)9-10-20(16)15-18-6-3-13-23-18/h1-6,12-13,16,21H,7-11,14-15H2/b4-1+/t16-/m1/s1. The third-order valence-corrected chi connectivity index (χ3v) is 5.14. The molecule has 5 heteroatoms. The highest BCUT2D eigenvalue weighted by Gasteiger charge is 2.26. The summed E-state index contributed by atoms with van der Waals surface area (Å²) in [4.78, 5) is 6.36. The molecule has 1 fully saturated rings. The number of hydrogen-bond acceptors (Lipinski definition) is 5. The van der Waals surface area contributed by atoms with Crippen LogP contribution in [-0.4, -0.2) is 53.7 Å². The average Bonchev–Trinajstić information content (AvgIpc) is 3.24. The predicted octanol–water partition coefficient (Wildman–Crippen LogP) is 2.92. The van der Waals surface area contributed by atoms with Crippen LogP contribution in [0.1, 0.15) is 17.1 Å². The molecule has 3 heterocycles. The maximum Gasteiger partial charge on any atom is 0.126 e. The van der Waals surface area contributed by atoms with Crippen LogP contribution < -0.4 is 0 Å². The number of nitrogens with zero attached hydrogens (tertiary/aromatic N) is 2. The molecule has 0 unspecified atom stereocenters. The molecule has 1 aliphatic rings. The molecule has 0 aliphatic carbocycles. The zero-order chi connectivity index (χ0) is 15.9. The van der Waals surface area contributed by atoms with Crippen LogP contribution in [0.2, 0.25) is 0 Å². The molecule has 0 spiro atoms. The van der Waals surface area contributed by atoms with Gasteiger partial charge in [0.2, 0.25) is 0 Å². The van der Waals surface area contributed by atoms with Crippen LogP contribution in [0.25, 0.3) is 6.08 Å². The number of rotatable bonds is 7. The molecule has 2 aromatic rings. The minimum atomic E-state index is 0.252. The van der Waals surface area contributed by atoms with E-state index < -0.39 is 0 Å². The second-order valence-corrected chi connectivity index (χ2v) is 6.93. The van der Waals surface area contributed by atoms with Crippen molar-refractivity contribution in [1.82, 2.24) is 9.80 Å². The van der Waals surface area contributed by atoms with Crippen molar-refractivity contribution in [2.45, 2.75) is 19.0 Å². The Bertz CT molecular complexity index is 580. The maximum absolute atomic E-state index is 9.38.